The van der Waals surface area contributed by atoms with Gasteiger partial charge in [0.15, 0.2) is 0 Å². The van der Waals surface area contributed by atoms with E-state index in [0.29, 0.717) is 0 Å². The molecule has 0 atom stereocenters. The van der Waals surface area contributed by atoms with Crippen molar-refractivity contribution in [1.29, 1.82) is 0 Å². The van der Waals surface area contributed by atoms with Crippen LogP contribution in [-0.2, 0) is 0 Å². The second-order valence-electron chi connectivity index (χ2n) is 6.01. The van der Waals surface area contributed by atoms with Crippen molar-refractivity contribution in [1.82, 2.24) is 0 Å². The third kappa shape index (κ3) is 4.85. The van der Waals surface area contributed by atoms with E-state index in [9.17, 15) is 0 Å². The van der Waals surface area contributed by atoms with Gasteiger partial charge in [0, 0.05) is 10.4 Å². The molecule has 2 heteroatoms. The molecule has 0 bridgehead atoms. The van der Waals surface area contributed by atoms with E-state index in [1.165, 1.54) is 43.4 Å². The van der Waals surface area contributed by atoms with Gasteiger partial charge < -0.3 is 5.73 Å². The first-order chi connectivity index (χ1) is 9.22. The molecule has 1 aliphatic carbocycles. The van der Waals surface area contributed by atoms with Crippen LogP contribution >= 0.6 is 11.8 Å². The van der Waals surface area contributed by atoms with Crippen LogP contribution in [0.15, 0.2) is 35.2 Å². The van der Waals surface area contributed by atoms with Crippen molar-refractivity contribution < 1.29 is 0 Å². The Morgan fingerprint density at radius 2 is 1.89 bits per heavy atom. The number of thioether (sulfide) groups is 1. The highest BCUT2D eigenvalue weighted by Crippen LogP contribution is 2.36. The fraction of sp³-hybridized carbons (Fsp3) is 0.647. The van der Waals surface area contributed by atoms with Crippen LogP contribution in [0.2, 0.25) is 0 Å². The van der Waals surface area contributed by atoms with Gasteiger partial charge in [0.1, 0.15) is 0 Å². The molecule has 0 aliphatic heterocycles. The number of rotatable bonds is 6. The minimum atomic E-state index is 0.117. The van der Waals surface area contributed by atoms with Crippen LogP contribution < -0.4 is 5.73 Å². The highest BCUT2D eigenvalue weighted by Gasteiger charge is 2.30. The molecule has 1 aliphatic rings. The molecule has 1 saturated carbocycles. The zero-order valence-electron chi connectivity index (χ0n) is 12.1. The van der Waals surface area contributed by atoms with E-state index in [1.807, 2.05) is 11.8 Å². The van der Waals surface area contributed by atoms with Crippen LogP contribution in [0.25, 0.3) is 0 Å². The molecule has 1 fully saturated rings. The average Bonchev–Trinajstić information content (AvgIpc) is 2.43. The summed E-state index contributed by atoms with van der Waals surface area (Å²) < 4.78 is 0. The molecular formula is C17H27NS. The van der Waals surface area contributed by atoms with Gasteiger partial charge in [0.25, 0.3) is 0 Å². The molecule has 0 unspecified atom stereocenters. The Kier molecular flexibility index (Phi) is 5.77. The molecule has 1 nitrogen and oxygen atoms in total. The van der Waals surface area contributed by atoms with Crippen LogP contribution in [0.4, 0.5) is 0 Å². The molecule has 0 amide bonds. The first kappa shape index (κ1) is 14.9. The molecule has 1 aromatic rings. The van der Waals surface area contributed by atoms with E-state index in [0.717, 1.165) is 18.1 Å². The van der Waals surface area contributed by atoms with Gasteiger partial charge in [-0.3, -0.25) is 0 Å². The Hall–Kier alpha value is -0.470. The van der Waals surface area contributed by atoms with E-state index in [1.54, 1.807) is 0 Å². The van der Waals surface area contributed by atoms with Crippen molar-refractivity contribution in [3.63, 3.8) is 0 Å². The molecule has 19 heavy (non-hydrogen) atoms. The second-order valence-corrected chi connectivity index (χ2v) is 7.17. The van der Waals surface area contributed by atoms with Gasteiger partial charge in [0.05, 0.1) is 0 Å². The summed E-state index contributed by atoms with van der Waals surface area (Å²) in [5.41, 5.74) is 6.69. The van der Waals surface area contributed by atoms with Gasteiger partial charge in [-0.1, -0.05) is 38.0 Å². The minimum absolute atomic E-state index is 0.117. The summed E-state index contributed by atoms with van der Waals surface area (Å²) in [5, 5.41) is 0. The predicted molar refractivity (Wildman–Crippen MR) is 85.6 cm³/mol. The lowest BCUT2D eigenvalue weighted by Crippen LogP contribution is -2.43. The monoisotopic (exact) mass is 277 g/mol. The lowest BCUT2D eigenvalue weighted by Gasteiger charge is -2.37. The molecule has 0 spiro atoms. The van der Waals surface area contributed by atoms with Crippen LogP contribution in [0.1, 0.15) is 51.9 Å². The molecule has 2 rings (SSSR count). The number of hydrogen-bond donors (Lipinski definition) is 1. The van der Waals surface area contributed by atoms with E-state index in [2.05, 4.69) is 37.3 Å². The Morgan fingerprint density at radius 3 is 2.53 bits per heavy atom. The van der Waals surface area contributed by atoms with Gasteiger partial charge >= 0.3 is 0 Å². The molecule has 106 valence electrons. The lowest BCUT2D eigenvalue weighted by atomic mass is 9.74. The van der Waals surface area contributed by atoms with E-state index in [-0.39, 0.29) is 5.54 Å². The SMILES string of the molecule is CCCC1CCC(N)(CCSc2ccccc2)CC1. The van der Waals surface area contributed by atoms with Gasteiger partial charge in [0.2, 0.25) is 0 Å². The summed E-state index contributed by atoms with van der Waals surface area (Å²) in [4.78, 5) is 1.37. The molecule has 0 heterocycles. The van der Waals surface area contributed by atoms with E-state index < -0.39 is 0 Å². The zero-order valence-corrected chi connectivity index (χ0v) is 12.9. The van der Waals surface area contributed by atoms with Crippen molar-refractivity contribution in [3.05, 3.63) is 30.3 Å². The highest BCUT2D eigenvalue weighted by atomic mass is 32.2. The molecule has 0 aromatic heterocycles. The average molecular weight is 277 g/mol. The fourth-order valence-corrected chi connectivity index (χ4v) is 4.18. The largest absolute Gasteiger partial charge is 0.325 e. The molecule has 2 N–H and O–H groups in total. The normalized spacial score (nSPS) is 27.4. The van der Waals surface area contributed by atoms with Crippen molar-refractivity contribution in [2.24, 2.45) is 11.7 Å². The van der Waals surface area contributed by atoms with Crippen LogP contribution in [0.3, 0.4) is 0 Å². The highest BCUT2D eigenvalue weighted by molar-refractivity contribution is 7.99. The Morgan fingerprint density at radius 1 is 1.21 bits per heavy atom. The summed E-state index contributed by atoms with van der Waals surface area (Å²) in [6, 6.07) is 10.7. The summed E-state index contributed by atoms with van der Waals surface area (Å²) in [5.74, 6) is 2.10. The van der Waals surface area contributed by atoms with Crippen LogP contribution in [0, 0.1) is 5.92 Å². The predicted octanol–water partition coefficient (Wildman–Crippen LogP) is 4.86. The quantitative estimate of drug-likeness (QED) is 0.752. The van der Waals surface area contributed by atoms with E-state index >= 15 is 0 Å². The molecule has 0 saturated heterocycles. The fourth-order valence-electron chi connectivity index (χ4n) is 3.09. The summed E-state index contributed by atoms with van der Waals surface area (Å²) >= 11 is 1.94. The lowest BCUT2D eigenvalue weighted by molar-refractivity contribution is 0.220. The third-order valence-electron chi connectivity index (χ3n) is 4.41. The molecular weight excluding hydrogens is 250 g/mol. The van der Waals surface area contributed by atoms with E-state index in [4.69, 9.17) is 5.73 Å². The van der Waals surface area contributed by atoms with Crippen LogP contribution in [0.5, 0.6) is 0 Å². The standard InChI is InChI=1S/C17H27NS/c1-2-6-15-9-11-17(18,12-10-15)13-14-19-16-7-4-3-5-8-16/h3-5,7-8,15H,2,6,9-14,18H2,1H3. The number of benzene rings is 1. The van der Waals surface area contributed by atoms with Gasteiger partial charge in [-0.05, 0) is 55.9 Å². The summed E-state index contributed by atoms with van der Waals surface area (Å²) in [7, 11) is 0. The zero-order chi connectivity index (χ0) is 13.6. The molecule has 0 radical (unpaired) electrons. The third-order valence-corrected chi connectivity index (χ3v) is 5.42. The second kappa shape index (κ2) is 7.35. The molecule has 1 aromatic carbocycles. The maximum absolute atomic E-state index is 6.57. The van der Waals surface area contributed by atoms with Crippen LogP contribution in [-0.4, -0.2) is 11.3 Å². The Bertz CT molecular complexity index is 355. The minimum Gasteiger partial charge on any atom is -0.325 e. The Labute approximate surface area is 122 Å². The van der Waals surface area contributed by atoms with Crippen molar-refractivity contribution in [2.45, 2.75) is 62.3 Å². The van der Waals surface area contributed by atoms with Crippen molar-refractivity contribution >= 4 is 11.8 Å². The van der Waals surface area contributed by atoms with Gasteiger partial charge in [-0.2, -0.15) is 0 Å². The Balaban J connectivity index is 1.71. The number of hydrogen-bond acceptors (Lipinski definition) is 2. The topological polar surface area (TPSA) is 26.0 Å². The first-order valence-electron chi connectivity index (χ1n) is 7.68. The summed E-state index contributed by atoms with van der Waals surface area (Å²) in [6.45, 7) is 2.29. The maximum Gasteiger partial charge on any atom is 0.0162 e. The smallest absolute Gasteiger partial charge is 0.0162 e. The first-order valence-corrected chi connectivity index (χ1v) is 8.67. The van der Waals surface area contributed by atoms with Crippen molar-refractivity contribution in [2.75, 3.05) is 5.75 Å². The van der Waals surface area contributed by atoms with Crippen molar-refractivity contribution in [3.8, 4) is 0 Å². The number of nitrogens with two attached hydrogens (primary N) is 1. The van der Waals surface area contributed by atoms with Gasteiger partial charge in [-0.25, -0.2) is 0 Å². The maximum atomic E-state index is 6.57. The van der Waals surface area contributed by atoms with Gasteiger partial charge in [-0.15, -0.1) is 11.8 Å². The summed E-state index contributed by atoms with van der Waals surface area (Å²) in [6.07, 6.45) is 9.03.